The molecule has 1 amide bonds. The molecule has 27 heavy (non-hydrogen) atoms. The van der Waals surface area contributed by atoms with E-state index in [0.717, 1.165) is 16.7 Å². The van der Waals surface area contributed by atoms with Crippen LogP contribution in [0.25, 0.3) is 0 Å². The van der Waals surface area contributed by atoms with Crippen LogP contribution in [0.3, 0.4) is 0 Å². The molecule has 5 nitrogen and oxygen atoms in total. The van der Waals surface area contributed by atoms with E-state index in [1.54, 1.807) is 6.92 Å². The summed E-state index contributed by atoms with van der Waals surface area (Å²) in [6.07, 6.45) is 0.468. The van der Waals surface area contributed by atoms with Crippen LogP contribution >= 0.6 is 12.4 Å². The molecule has 1 heterocycles. The zero-order valence-corrected chi connectivity index (χ0v) is 15.9. The molecular weight excluding hydrogens is 366 g/mol. The first kappa shape index (κ1) is 20.6. The topological polar surface area (TPSA) is 63.7 Å². The van der Waals surface area contributed by atoms with E-state index in [4.69, 9.17) is 4.74 Å². The standard InChI is InChI=1S/C21H21NO4.ClH/c1-2-19(23)20(24)22-13-17-11-7-6-10-16(17)12-18(22)21(25)26-14-15-8-4-3-5-9-15;/h3-11,18H,2,12-14H2,1H3;1H/t18-;/m0./s1. The summed E-state index contributed by atoms with van der Waals surface area (Å²) in [5.41, 5.74) is 2.83. The van der Waals surface area contributed by atoms with Gasteiger partial charge in [0.05, 0.1) is 0 Å². The van der Waals surface area contributed by atoms with Crippen molar-refractivity contribution in [2.45, 2.75) is 39.0 Å². The van der Waals surface area contributed by atoms with E-state index in [1.807, 2.05) is 54.6 Å². The summed E-state index contributed by atoms with van der Waals surface area (Å²) in [5.74, 6) is -1.60. The van der Waals surface area contributed by atoms with Crippen LogP contribution in [-0.4, -0.2) is 28.6 Å². The number of halogens is 1. The van der Waals surface area contributed by atoms with Gasteiger partial charge in [-0.1, -0.05) is 61.5 Å². The number of amides is 1. The van der Waals surface area contributed by atoms with Gasteiger partial charge in [0.2, 0.25) is 5.78 Å². The molecule has 0 fully saturated rings. The molecule has 1 aliphatic rings. The molecule has 6 heteroatoms. The molecule has 0 radical (unpaired) electrons. The Morgan fingerprint density at radius 1 is 1.00 bits per heavy atom. The molecule has 0 aromatic heterocycles. The summed E-state index contributed by atoms with van der Waals surface area (Å²) in [6, 6.07) is 16.2. The molecular formula is C21H22ClNO4. The van der Waals surface area contributed by atoms with Gasteiger partial charge in [0.1, 0.15) is 12.6 Å². The number of ketones is 1. The van der Waals surface area contributed by atoms with Crippen molar-refractivity contribution in [1.82, 2.24) is 4.90 Å². The van der Waals surface area contributed by atoms with Gasteiger partial charge in [-0.05, 0) is 16.7 Å². The Balaban J connectivity index is 0.00000261. The van der Waals surface area contributed by atoms with E-state index in [-0.39, 0.29) is 32.0 Å². The number of carbonyl (C=O) groups excluding carboxylic acids is 3. The first-order chi connectivity index (χ1) is 12.6. The van der Waals surface area contributed by atoms with Crippen molar-refractivity contribution >= 4 is 30.1 Å². The van der Waals surface area contributed by atoms with Gasteiger partial charge >= 0.3 is 5.97 Å². The molecule has 0 aliphatic carbocycles. The summed E-state index contributed by atoms with van der Waals surface area (Å²) in [6.45, 7) is 2.02. The number of nitrogens with zero attached hydrogens (tertiary/aromatic N) is 1. The third kappa shape index (κ3) is 4.74. The predicted molar refractivity (Wildman–Crippen MR) is 103 cm³/mol. The SMILES string of the molecule is CCC(=O)C(=O)N1Cc2ccccc2C[C@H]1C(=O)OCc1ccccc1.Cl. The Labute approximate surface area is 164 Å². The third-order valence-electron chi connectivity index (χ3n) is 4.57. The fraction of sp³-hybridized carbons (Fsp3) is 0.286. The Hall–Kier alpha value is -2.66. The van der Waals surface area contributed by atoms with Gasteiger partial charge in [-0.2, -0.15) is 0 Å². The average Bonchev–Trinajstić information content (AvgIpc) is 2.70. The van der Waals surface area contributed by atoms with Gasteiger partial charge in [0, 0.05) is 19.4 Å². The van der Waals surface area contributed by atoms with Crippen LogP contribution in [0.5, 0.6) is 0 Å². The van der Waals surface area contributed by atoms with Crippen LogP contribution in [0.2, 0.25) is 0 Å². The van der Waals surface area contributed by atoms with E-state index in [2.05, 4.69) is 0 Å². The maximum absolute atomic E-state index is 12.7. The maximum atomic E-state index is 12.7. The van der Waals surface area contributed by atoms with Crippen LogP contribution in [0.1, 0.15) is 30.0 Å². The van der Waals surface area contributed by atoms with Crippen molar-refractivity contribution < 1.29 is 19.1 Å². The average molecular weight is 388 g/mol. The van der Waals surface area contributed by atoms with E-state index in [0.29, 0.717) is 6.42 Å². The van der Waals surface area contributed by atoms with Gasteiger partial charge in [-0.25, -0.2) is 4.79 Å². The number of Topliss-reactive ketones (excluding diaryl/α,β-unsaturated/α-hetero) is 1. The summed E-state index contributed by atoms with van der Waals surface area (Å²) in [5, 5.41) is 0. The smallest absolute Gasteiger partial charge is 0.329 e. The largest absolute Gasteiger partial charge is 0.459 e. The van der Waals surface area contributed by atoms with Crippen molar-refractivity contribution in [3.05, 3.63) is 71.3 Å². The van der Waals surface area contributed by atoms with Crippen molar-refractivity contribution in [2.75, 3.05) is 0 Å². The van der Waals surface area contributed by atoms with E-state index in [9.17, 15) is 14.4 Å². The number of ether oxygens (including phenoxy) is 1. The van der Waals surface area contributed by atoms with Crippen molar-refractivity contribution in [2.24, 2.45) is 0 Å². The highest BCUT2D eigenvalue weighted by molar-refractivity contribution is 6.36. The molecule has 0 spiro atoms. The van der Waals surface area contributed by atoms with Crippen molar-refractivity contribution in [1.29, 1.82) is 0 Å². The first-order valence-corrected chi connectivity index (χ1v) is 8.71. The zero-order valence-electron chi connectivity index (χ0n) is 15.1. The van der Waals surface area contributed by atoms with E-state index in [1.165, 1.54) is 4.90 Å². The Kier molecular flexibility index (Phi) is 7.13. The Morgan fingerprint density at radius 2 is 1.63 bits per heavy atom. The van der Waals surface area contributed by atoms with E-state index >= 15 is 0 Å². The number of benzene rings is 2. The lowest BCUT2D eigenvalue weighted by molar-refractivity contribution is -0.159. The van der Waals surface area contributed by atoms with Gasteiger partial charge in [0.15, 0.2) is 0 Å². The highest BCUT2D eigenvalue weighted by atomic mass is 35.5. The lowest BCUT2D eigenvalue weighted by Crippen LogP contribution is -2.51. The lowest BCUT2D eigenvalue weighted by atomic mass is 9.93. The lowest BCUT2D eigenvalue weighted by Gasteiger charge is -2.35. The highest BCUT2D eigenvalue weighted by Crippen LogP contribution is 2.25. The third-order valence-corrected chi connectivity index (χ3v) is 4.57. The molecule has 1 aliphatic heterocycles. The quantitative estimate of drug-likeness (QED) is 0.584. The molecule has 0 N–H and O–H groups in total. The second-order valence-electron chi connectivity index (χ2n) is 6.29. The van der Waals surface area contributed by atoms with Crippen molar-refractivity contribution in [3.63, 3.8) is 0 Å². The van der Waals surface area contributed by atoms with Gasteiger partial charge in [0.25, 0.3) is 5.91 Å². The minimum Gasteiger partial charge on any atom is -0.459 e. The van der Waals surface area contributed by atoms with Gasteiger partial charge in [-0.15, -0.1) is 12.4 Å². The molecule has 0 unspecified atom stereocenters. The summed E-state index contributed by atoms with van der Waals surface area (Å²) in [4.78, 5) is 38.5. The molecule has 2 aromatic rings. The predicted octanol–water partition coefficient (Wildman–Crippen LogP) is 3.08. The number of hydrogen-bond acceptors (Lipinski definition) is 4. The van der Waals surface area contributed by atoms with Gasteiger partial charge in [-0.3, -0.25) is 9.59 Å². The minimum absolute atomic E-state index is 0. The van der Waals surface area contributed by atoms with Gasteiger partial charge < -0.3 is 9.64 Å². The maximum Gasteiger partial charge on any atom is 0.329 e. The second kappa shape index (κ2) is 9.33. The molecule has 2 aromatic carbocycles. The Morgan fingerprint density at radius 3 is 2.30 bits per heavy atom. The van der Waals surface area contributed by atoms with Crippen LogP contribution in [-0.2, 0) is 38.7 Å². The number of rotatable bonds is 5. The monoisotopic (exact) mass is 387 g/mol. The first-order valence-electron chi connectivity index (χ1n) is 8.71. The summed E-state index contributed by atoms with van der Waals surface area (Å²) in [7, 11) is 0. The normalized spacial score (nSPS) is 15.3. The minimum atomic E-state index is -0.781. The molecule has 0 bridgehead atoms. The number of hydrogen-bond donors (Lipinski definition) is 0. The molecule has 1 atom stereocenters. The van der Waals surface area contributed by atoms with Crippen molar-refractivity contribution in [3.8, 4) is 0 Å². The molecule has 3 rings (SSSR count). The number of esters is 1. The van der Waals surface area contributed by atoms with E-state index < -0.39 is 23.7 Å². The fourth-order valence-electron chi connectivity index (χ4n) is 3.08. The van der Waals surface area contributed by atoms with Crippen LogP contribution < -0.4 is 0 Å². The highest BCUT2D eigenvalue weighted by Gasteiger charge is 2.37. The molecule has 142 valence electrons. The van der Waals surface area contributed by atoms with Crippen LogP contribution in [0, 0.1) is 0 Å². The Bertz CT molecular complexity index is 822. The number of fused-ring (bicyclic) bond motifs is 1. The molecule has 0 saturated heterocycles. The van der Waals surface area contributed by atoms with Crippen LogP contribution in [0.4, 0.5) is 0 Å². The second-order valence-corrected chi connectivity index (χ2v) is 6.29. The summed E-state index contributed by atoms with van der Waals surface area (Å²) < 4.78 is 5.43. The van der Waals surface area contributed by atoms with Crippen LogP contribution in [0.15, 0.2) is 54.6 Å². The number of carbonyl (C=O) groups is 3. The molecule has 0 saturated carbocycles. The zero-order chi connectivity index (χ0) is 18.5. The summed E-state index contributed by atoms with van der Waals surface area (Å²) >= 11 is 0. The fourth-order valence-corrected chi connectivity index (χ4v) is 3.08.